The number of allylic oxidation sites excluding steroid dienone is 1. The Hall–Kier alpha value is -2.19. The van der Waals surface area contributed by atoms with Crippen molar-refractivity contribution in [2.75, 3.05) is 0 Å². The van der Waals surface area contributed by atoms with Crippen LogP contribution >= 0.6 is 27.5 Å². The van der Waals surface area contributed by atoms with Gasteiger partial charge in [0.2, 0.25) is 0 Å². The monoisotopic (exact) mass is 432 g/mol. The van der Waals surface area contributed by atoms with Crippen LogP contribution in [0, 0.1) is 0 Å². The summed E-state index contributed by atoms with van der Waals surface area (Å²) in [7, 11) is 0. The molecule has 0 heterocycles. The number of carbonyl (C=O) groups excluding carboxylic acids is 1. The number of hydrogen-bond acceptors (Lipinski definition) is 4. The van der Waals surface area contributed by atoms with E-state index < -0.39 is 23.4 Å². The van der Waals surface area contributed by atoms with Crippen molar-refractivity contribution < 1.29 is 23.1 Å². The van der Waals surface area contributed by atoms with E-state index in [1.165, 1.54) is 48.5 Å². The van der Waals surface area contributed by atoms with E-state index in [2.05, 4.69) is 26.2 Å². The molecule has 2 aromatic rings. The number of halogens is 5. The van der Waals surface area contributed by atoms with Gasteiger partial charge in [-0.25, -0.2) is 0 Å². The van der Waals surface area contributed by atoms with Crippen LogP contribution in [0.2, 0.25) is 5.02 Å². The maximum Gasteiger partial charge on any atom is 0.456 e. The first-order chi connectivity index (χ1) is 11.7. The van der Waals surface area contributed by atoms with Gasteiger partial charge in [-0.1, -0.05) is 39.7 Å². The van der Waals surface area contributed by atoms with Gasteiger partial charge in [0.05, 0.1) is 5.69 Å². The van der Waals surface area contributed by atoms with Gasteiger partial charge in [0.25, 0.3) is 5.78 Å². The van der Waals surface area contributed by atoms with Crippen molar-refractivity contribution in [1.82, 2.24) is 0 Å². The fourth-order valence-electron chi connectivity index (χ4n) is 1.69. The maximum absolute atomic E-state index is 12.8. The molecule has 130 valence electrons. The molecule has 4 nitrogen and oxygen atoms in total. The second-order valence-electron chi connectivity index (χ2n) is 4.71. The molecule has 0 aliphatic rings. The Morgan fingerprint density at radius 2 is 1.60 bits per heavy atom. The third-order valence-corrected chi connectivity index (χ3v) is 3.69. The molecule has 0 fully saturated rings. The number of alkyl halides is 3. The van der Waals surface area contributed by atoms with Crippen molar-refractivity contribution in [3.05, 3.63) is 69.3 Å². The lowest BCUT2D eigenvalue weighted by atomic mass is 10.1. The first-order valence-corrected chi connectivity index (χ1v) is 7.83. The molecular formula is C16H9BrClF3N2O2. The summed E-state index contributed by atoms with van der Waals surface area (Å²) in [6, 6.07) is 11.4. The number of azo groups is 1. The van der Waals surface area contributed by atoms with E-state index in [0.29, 0.717) is 9.50 Å². The highest BCUT2D eigenvalue weighted by Crippen LogP contribution is 2.28. The SMILES string of the molecule is O=C(C(N=Nc1ccc(Cl)cc1)=C(O)c1ccc(Br)cc1)C(F)(F)F. The van der Waals surface area contributed by atoms with Gasteiger partial charge in [0, 0.05) is 15.1 Å². The minimum absolute atomic E-state index is 0.00847. The maximum atomic E-state index is 12.8. The number of Topliss-reactive ketones (excluding diaryl/α,β-unsaturated/α-hetero) is 1. The lowest BCUT2D eigenvalue weighted by Gasteiger charge is -2.08. The fourth-order valence-corrected chi connectivity index (χ4v) is 2.08. The molecule has 0 aromatic heterocycles. The third-order valence-electron chi connectivity index (χ3n) is 2.91. The number of aliphatic hydroxyl groups excluding tert-OH is 1. The molecular weight excluding hydrogens is 425 g/mol. The van der Waals surface area contributed by atoms with Gasteiger partial charge in [-0.15, -0.1) is 5.11 Å². The predicted molar refractivity (Wildman–Crippen MR) is 90.7 cm³/mol. The summed E-state index contributed by atoms with van der Waals surface area (Å²) in [6.45, 7) is 0. The lowest BCUT2D eigenvalue weighted by Crippen LogP contribution is -2.24. The van der Waals surface area contributed by atoms with Gasteiger partial charge in [0.1, 0.15) is 0 Å². The van der Waals surface area contributed by atoms with E-state index in [0.717, 1.165) is 0 Å². The zero-order chi connectivity index (χ0) is 18.6. The summed E-state index contributed by atoms with van der Waals surface area (Å²) in [5.41, 5.74) is -1.05. The molecule has 2 rings (SSSR count). The van der Waals surface area contributed by atoms with E-state index in [9.17, 15) is 23.1 Å². The molecule has 0 radical (unpaired) electrons. The molecule has 0 bridgehead atoms. The van der Waals surface area contributed by atoms with E-state index in [1.807, 2.05) is 0 Å². The van der Waals surface area contributed by atoms with Crippen LogP contribution in [-0.4, -0.2) is 17.1 Å². The number of carbonyl (C=O) groups is 1. The summed E-state index contributed by atoms with van der Waals surface area (Å²) < 4.78 is 39.0. The molecule has 0 spiro atoms. The zero-order valence-corrected chi connectivity index (χ0v) is 14.6. The topological polar surface area (TPSA) is 62.0 Å². The molecule has 0 aliphatic heterocycles. The van der Waals surface area contributed by atoms with Gasteiger partial charge < -0.3 is 5.11 Å². The Kier molecular flexibility index (Phi) is 5.97. The summed E-state index contributed by atoms with van der Waals surface area (Å²) in [5.74, 6) is -3.22. The average Bonchev–Trinajstić information content (AvgIpc) is 2.56. The first kappa shape index (κ1) is 19.1. The van der Waals surface area contributed by atoms with Crippen molar-refractivity contribution in [3.8, 4) is 0 Å². The standard InChI is InChI=1S/C16H9BrClF3N2O2/c17-10-3-1-9(2-4-10)14(24)13(15(25)16(19,20)21)23-22-12-7-5-11(18)6-8-12/h1-8,24H. The average molecular weight is 434 g/mol. The van der Waals surface area contributed by atoms with Gasteiger partial charge in [-0.05, 0) is 36.4 Å². The van der Waals surface area contributed by atoms with Crippen LogP contribution in [0.5, 0.6) is 0 Å². The van der Waals surface area contributed by atoms with Gasteiger partial charge in [0.15, 0.2) is 11.5 Å². The minimum atomic E-state index is -5.21. The summed E-state index contributed by atoms with van der Waals surface area (Å²) >= 11 is 8.86. The first-order valence-electron chi connectivity index (χ1n) is 6.66. The summed E-state index contributed by atoms with van der Waals surface area (Å²) in [5, 5.41) is 17.4. The van der Waals surface area contributed by atoms with Gasteiger partial charge in [-0.3, -0.25) is 4.79 Å². The highest BCUT2D eigenvalue weighted by molar-refractivity contribution is 9.10. The molecule has 2 aromatic carbocycles. The van der Waals surface area contributed by atoms with Crippen molar-refractivity contribution in [2.45, 2.75) is 6.18 Å². The summed E-state index contributed by atoms with van der Waals surface area (Å²) in [4.78, 5) is 11.6. The number of nitrogens with zero attached hydrogens (tertiary/aromatic N) is 2. The van der Waals surface area contributed by atoms with E-state index in [4.69, 9.17) is 11.6 Å². The van der Waals surface area contributed by atoms with Crippen LogP contribution < -0.4 is 0 Å². The molecule has 0 aliphatic carbocycles. The Morgan fingerprint density at radius 3 is 2.12 bits per heavy atom. The van der Waals surface area contributed by atoms with Crippen molar-refractivity contribution >= 4 is 44.8 Å². The molecule has 25 heavy (non-hydrogen) atoms. The number of hydrogen-bond donors (Lipinski definition) is 1. The molecule has 1 N–H and O–H groups in total. The highest BCUT2D eigenvalue weighted by Gasteiger charge is 2.43. The van der Waals surface area contributed by atoms with E-state index >= 15 is 0 Å². The minimum Gasteiger partial charge on any atom is -0.505 e. The normalized spacial score (nSPS) is 13.0. The number of aliphatic hydroxyl groups is 1. The Bertz CT molecular complexity index is 832. The van der Waals surface area contributed by atoms with Crippen LogP contribution in [0.1, 0.15) is 5.56 Å². The zero-order valence-electron chi connectivity index (χ0n) is 12.3. The highest BCUT2D eigenvalue weighted by atomic mass is 79.9. The largest absolute Gasteiger partial charge is 0.505 e. The fraction of sp³-hybridized carbons (Fsp3) is 0.0625. The van der Waals surface area contributed by atoms with Crippen molar-refractivity contribution in [2.24, 2.45) is 10.2 Å². The second kappa shape index (κ2) is 7.79. The molecule has 0 amide bonds. The quantitative estimate of drug-likeness (QED) is 0.352. The number of ketones is 1. The Labute approximate surface area is 153 Å². The molecule has 9 heteroatoms. The van der Waals surface area contributed by atoms with Crippen LogP contribution in [0.3, 0.4) is 0 Å². The van der Waals surface area contributed by atoms with Crippen LogP contribution in [0.15, 0.2) is 68.9 Å². The van der Waals surface area contributed by atoms with Gasteiger partial charge >= 0.3 is 6.18 Å². The van der Waals surface area contributed by atoms with Gasteiger partial charge in [-0.2, -0.15) is 18.3 Å². The molecule has 0 saturated carbocycles. The predicted octanol–water partition coefficient (Wildman–Crippen LogP) is 6.24. The van der Waals surface area contributed by atoms with Crippen LogP contribution in [-0.2, 0) is 4.79 Å². The third kappa shape index (κ3) is 5.14. The van der Waals surface area contributed by atoms with Crippen LogP contribution in [0.25, 0.3) is 5.76 Å². The second-order valence-corrected chi connectivity index (χ2v) is 6.06. The molecule has 0 atom stereocenters. The van der Waals surface area contributed by atoms with E-state index in [1.54, 1.807) is 0 Å². The van der Waals surface area contributed by atoms with E-state index in [-0.39, 0.29) is 11.3 Å². The van der Waals surface area contributed by atoms with Crippen LogP contribution in [0.4, 0.5) is 18.9 Å². The number of benzene rings is 2. The molecule has 0 unspecified atom stereocenters. The Morgan fingerprint density at radius 1 is 1.04 bits per heavy atom. The molecule has 0 saturated heterocycles. The van der Waals surface area contributed by atoms with Crippen molar-refractivity contribution in [3.63, 3.8) is 0 Å². The number of rotatable bonds is 4. The lowest BCUT2D eigenvalue weighted by molar-refractivity contribution is -0.166. The van der Waals surface area contributed by atoms with Crippen molar-refractivity contribution in [1.29, 1.82) is 0 Å². The summed E-state index contributed by atoms with van der Waals surface area (Å²) in [6.07, 6.45) is -5.21. The Balaban J connectivity index is 2.49. The smallest absolute Gasteiger partial charge is 0.456 e.